The molecule has 0 unspecified atom stereocenters. The molecule has 0 saturated heterocycles. The molecule has 0 amide bonds. The Morgan fingerprint density at radius 3 is 1.82 bits per heavy atom. The van der Waals surface area contributed by atoms with Crippen LogP contribution in [0.2, 0.25) is 0 Å². The van der Waals surface area contributed by atoms with Gasteiger partial charge in [0.15, 0.2) is 0 Å². The first-order valence-corrected chi connectivity index (χ1v) is 23.1. The van der Waals surface area contributed by atoms with Gasteiger partial charge in [-0.1, -0.05) is 192 Å². The topological polar surface area (TPSA) is 55.9 Å². The van der Waals surface area contributed by atoms with Crippen molar-refractivity contribution in [3.05, 3.63) is 211 Å². The van der Waals surface area contributed by atoms with Crippen molar-refractivity contribution in [2.45, 2.75) is 52.4 Å². The van der Waals surface area contributed by atoms with Gasteiger partial charge in [0, 0.05) is 60.5 Å². The van der Waals surface area contributed by atoms with Gasteiger partial charge in [0.2, 0.25) is 0 Å². The molecule has 0 atom stereocenters. The van der Waals surface area contributed by atoms with Gasteiger partial charge in [0.25, 0.3) is 0 Å². The van der Waals surface area contributed by atoms with E-state index >= 15 is 0 Å². The Kier molecular flexibility index (Phi) is 11.4. The smallest absolute Gasteiger partial charge is 0.148 e. The van der Waals surface area contributed by atoms with Crippen LogP contribution in [0.5, 0.6) is 5.75 Å². The number of nitrogens with zero attached hydrogens (tertiary/aromatic N) is 4. The maximum absolute atomic E-state index is 12.5. The number of rotatable bonds is 7. The van der Waals surface area contributed by atoms with E-state index in [1.165, 1.54) is 0 Å². The molecule has 6 heteroatoms. The summed E-state index contributed by atoms with van der Waals surface area (Å²) in [7, 11) is 0. The minimum absolute atomic E-state index is 0. The minimum atomic E-state index is -0.334. The average Bonchev–Trinajstić information content (AvgIpc) is 3.90. The van der Waals surface area contributed by atoms with Gasteiger partial charge in [-0.15, -0.1) is 23.8 Å². The molecule has 0 aliphatic heterocycles. The van der Waals surface area contributed by atoms with Crippen molar-refractivity contribution in [2.24, 2.45) is 0 Å². The van der Waals surface area contributed by atoms with E-state index in [1.807, 2.05) is 12.3 Å². The number of phenols is 1. The fourth-order valence-electron chi connectivity index (χ4n) is 9.60. The molecule has 3 aromatic heterocycles. The van der Waals surface area contributed by atoms with Crippen LogP contribution in [0.3, 0.4) is 0 Å². The summed E-state index contributed by atoms with van der Waals surface area (Å²) in [5.41, 5.74) is 16.0. The van der Waals surface area contributed by atoms with Crippen LogP contribution in [0, 0.1) is 6.07 Å². The number of hydrogen-bond donors (Lipinski definition) is 1. The summed E-state index contributed by atoms with van der Waals surface area (Å²) < 4.78 is 4.57. The van der Waals surface area contributed by atoms with E-state index in [-0.39, 0.29) is 37.6 Å². The molecule has 0 radical (unpaired) electrons. The van der Waals surface area contributed by atoms with Crippen LogP contribution in [0.15, 0.2) is 194 Å². The number of fused-ring (bicyclic) bond motifs is 4. The normalized spacial score (nSPS) is 11.9. The number of benzene rings is 8. The molecule has 0 aliphatic carbocycles. The molecule has 0 aliphatic rings. The first-order valence-electron chi connectivity index (χ1n) is 23.1. The second kappa shape index (κ2) is 17.4. The van der Waals surface area contributed by atoms with Crippen LogP contribution < -0.4 is 0 Å². The van der Waals surface area contributed by atoms with Crippen molar-refractivity contribution < 1.29 is 26.2 Å². The molecule has 8 aromatic carbocycles. The first-order chi connectivity index (χ1) is 32.4. The molecular formula is C62H51N4OPt-. The molecule has 0 spiro atoms. The molecule has 11 aromatic rings. The monoisotopic (exact) mass is 1060 g/mol. The zero-order valence-electron chi connectivity index (χ0n) is 39.0. The van der Waals surface area contributed by atoms with Crippen molar-refractivity contribution in [1.82, 2.24) is 19.1 Å². The predicted octanol–water partition coefficient (Wildman–Crippen LogP) is 16.0. The van der Waals surface area contributed by atoms with Crippen LogP contribution in [0.1, 0.15) is 52.7 Å². The molecule has 68 heavy (non-hydrogen) atoms. The summed E-state index contributed by atoms with van der Waals surface area (Å²) in [6.07, 6.45) is 2.01. The van der Waals surface area contributed by atoms with Gasteiger partial charge >= 0.3 is 0 Å². The zero-order valence-corrected chi connectivity index (χ0v) is 41.3. The Bertz CT molecular complexity index is 3650. The van der Waals surface area contributed by atoms with Crippen LogP contribution in [0.25, 0.3) is 100 Å². The molecule has 0 saturated carbocycles. The maximum atomic E-state index is 12.5. The van der Waals surface area contributed by atoms with E-state index in [1.54, 1.807) is 0 Å². The third kappa shape index (κ3) is 7.85. The minimum Gasteiger partial charge on any atom is -0.507 e. The molecule has 0 bridgehead atoms. The van der Waals surface area contributed by atoms with E-state index in [2.05, 4.69) is 239 Å². The fourth-order valence-corrected chi connectivity index (χ4v) is 9.60. The quantitative estimate of drug-likeness (QED) is 0.162. The summed E-state index contributed by atoms with van der Waals surface area (Å²) in [5.74, 6) is 0.908. The molecule has 11 rings (SSSR count). The van der Waals surface area contributed by atoms with E-state index in [4.69, 9.17) is 9.97 Å². The van der Waals surface area contributed by atoms with E-state index in [0.717, 1.165) is 100.0 Å². The zero-order chi connectivity index (χ0) is 46.0. The van der Waals surface area contributed by atoms with Crippen LogP contribution in [0.4, 0.5) is 0 Å². The van der Waals surface area contributed by atoms with Gasteiger partial charge in [-0.3, -0.25) is 9.55 Å². The van der Waals surface area contributed by atoms with Crippen molar-refractivity contribution in [1.29, 1.82) is 0 Å². The standard InChI is InChI=1S/C62H51N4O.Pt/c1-61(2,3)45-36-50(59(67)52(37-45)62(4,5)6)60-64-58-48(29-20-32-56(58)66(60)54-30-18-16-27-47(54)41-23-12-8-13-24-41)43-33-42(40-21-10-7-11-22-40)34-44(35-43)53-38-57-51(39-63-53)49-28-17-19-31-55(49)65(57)46-25-14-9-15-26-46;/h7-34,36-39,67H,1-6H3;/q-1;. The van der Waals surface area contributed by atoms with Gasteiger partial charge < -0.3 is 9.67 Å². The van der Waals surface area contributed by atoms with Gasteiger partial charge in [0.1, 0.15) is 11.6 Å². The Hall–Kier alpha value is -7.33. The molecule has 1 N–H and O–H groups in total. The average molecular weight is 1060 g/mol. The number of phenolic OH excluding ortho intramolecular Hbond substituents is 1. The number of hydrogen-bond acceptors (Lipinski definition) is 3. The Labute approximate surface area is 412 Å². The van der Waals surface area contributed by atoms with E-state index in [9.17, 15) is 5.11 Å². The SMILES string of the molecule is CC(C)(C)c1cc(-c2nc3c(-c4[c-]c(-c5cc6c(cn5)c5ccccc5n6-c5ccccc5)cc(-c5ccccc5)c4)cccc3n2-c2ccccc2-c2ccccc2)c(O)c(C(C)(C)C)c1.[Pt]. The molecule has 5 nitrogen and oxygen atoms in total. The van der Waals surface area contributed by atoms with Crippen LogP contribution in [-0.4, -0.2) is 24.2 Å². The molecule has 3 heterocycles. The summed E-state index contributed by atoms with van der Waals surface area (Å²) in [6, 6.07) is 69.8. The van der Waals surface area contributed by atoms with Crippen LogP contribution >= 0.6 is 0 Å². The number of para-hydroxylation sites is 4. The number of aromatic hydroxyl groups is 1. The Morgan fingerprint density at radius 1 is 0.485 bits per heavy atom. The Morgan fingerprint density at radius 2 is 1.10 bits per heavy atom. The second-order valence-corrected chi connectivity index (χ2v) is 19.6. The summed E-state index contributed by atoms with van der Waals surface area (Å²) in [5, 5.41) is 14.8. The number of imidazole rings is 1. The summed E-state index contributed by atoms with van der Waals surface area (Å²) >= 11 is 0. The van der Waals surface area contributed by atoms with Gasteiger partial charge in [-0.25, -0.2) is 4.98 Å². The predicted molar refractivity (Wildman–Crippen MR) is 278 cm³/mol. The second-order valence-electron chi connectivity index (χ2n) is 19.6. The van der Waals surface area contributed by atoms with Gasteiger partial charge in [-0.05, 0) is 70.0 Å². The van der Waals surface area contributed by atoms with Crippen molar-refractivity contribution in [3.63, 3.8) is 0 Å². The van der Waals surface area contributed by atoms with Crippen molar-refractivity contribution in [2.75, 3.05) is 0 Å². The fraction of sp³-hybridized carbons (Fsp3) is 0.129. The third-order valence-electron chi connectivity index (χ3n) is 13.1. The molecule has 0 fully saturated rings. The van der Waals surface area contributed by atoms with Gasteiger partial charge in [-0.2, -0.15) is 0 Å². The van der Waals surface area contributed by atoms with Gasteiger partial charge in [0.05, 0.1) is 33.3 Å². The number of aromatic nitrogens is 4. The third-order valence-corrected chi connectivity index (χ3v) is 13.1. The number of pyridine rings is 1. The first kappa shape index (κ1) is 44.5. The van der Waals surface area contributed by atoms with Crippen molar-refractivity contribution >= 4 is 32.8 Å². The summed E-state index contributed by atoms with van der Waals surface area (Å²) in [6.45, 7) is 13.1. The van der Waals surface area contributed by atoms with Crippen LogP contribution in [-0.2, 0) is 31.9 Å². The Balaban J connectivity index is 0.00000539. The van der Waals surface area contributed by atoms with E-state index < -0.39 is 0 Å². The van der Waals surface area contributed by atoms with E-state index in [0.29, 0.717) is 11.4 Å². The largest absolute Gasteiger partial charge is 0.507 e. The van der Waals surface area contributed by atoms with Crippen molar-refractivity contribution in [3.8, 4) is 73.2 Å². The summed E-state index contributed by atoms with van der Waals surface area (Å²) in [4.78, 5) is 10.8. The molecular weight excluding hydrogens is 1010 g/mol. The maximum Gasteiger partial charge on any atom is 0.148 e. The molecule has 336 valence electrons.